The van der Waals surface area contributed by atoms with Gasteiger partial charge in [-0.05, 0) is 36.3 Å². The van der Waals surface area contributed by atoms with Crippen molar-refractivity contribution in [2.24, 2.45) is 5.73 Å². The lowest BCUT2D eigenvalue weighted by Gasteiger charge is -2.30. The molecule has 1 heterocycles. The zero-order valence-electron chi connectivity index (χ0n) is 9.23. The van der Waals surface area contributed by atoms with E-state index in [1.165, 1.54) is 11.1 Å². The van der Waals surface area contributed by atoms with Crippen LogP contribution < -0.4 is 5.73 Å². The van der Waals surface area contributed by atoms with Gasteiger partial charge in [-0.2, -0.15) is 0 Å². The first-order valence-corrected chi connectivity index (χ1v) is 6.07. The molecule has 0 aromatic heterocycles. The molecule has 2 N–H and O–H groups in total. The fourth-order valence-electron chi connectivity index (χ4n) is 1.71. The molecule has 1 aromatic carbocycles. The number of hydrogen-bond donors (Lipinski definition) is 1. The Morgan fingerprint density at radius 1 is 1.31 bits per heavy atom. The van der Waals surface area contributed by atoms with E-state index in [1.807, 2.05) is 12.3 Å². The maximum atomic E-state index is 6.10. The number of nitrogens with two attached hydrogens (primary N) is 1. The third kappa shape index (κ3) is 2.54. The third-order valence-corrected chi connectivity index (χ3v) is 3.27. The van der Waals surface area contributed by atoms with Crippen LogP contribution in [0, 0.1) is 0 Å². The Hall–Kier alpha value is -1.06. The van der Waals surface area contributed by atoms with Gasteiger partial charge in [0.05, 0.1) is 6.17 Å². The molecule has 3 heteroatoms. The standard InChI is InChI=1S/C13H15BrN2/c1-10-3-2-8-16(13(10)15)9-11-4-6-12(14)7-5-11/h2-8,13H,9,15H2,1H3. The highest BCUT2D eigenvalue weighted by molar-refractivity contribution is 9.10. The molecular formula is C13H15BrN2. The van der Waals surface area contributed by atoms with Crippen LogP contribution in [0.1, 0.15) is 12.5 Å². The zero-order chi connectivity index (χ0) is 11.5. The molecule has 2 rings (SSSR count). The lowest BCUT2D eigenvalue weighted by atomic mass is 10.1. The van der Waals surface area contributed by atoms with Crippen LogP contribution in [0.15, 0.2) is 52.7 Å². The van der Waals surface area contributed by atoms with Crippen LogP contribution in [-0.2, 0) is 6.54 Å². The summed E-state index contributed by atoms with van der Waals surface area (Å²) < 4.78 is 1.10. The van der Waals surface area contributed by atoms with E-state index in [0.29, 0.717) is 0 Å². The minimum absolute atomic E-state index is 0.00588. The molecule has 0 fully saturated rings. The van der Waals surface area contributed by atoms with Crippen LogP contribution in [0.2, 0.25) is 0 Å². The number of benzene rings is 1. The number of hydrogen-bond acceptors (Lipinski definition) is 2. The third-order valence-electron chi connectivity index (χ3n) is 2.74. The van der Waals surface area contributed by atoms with Crippen LogP contribution in [0.4, 0.5) is 0 Å². The Morgan fingerprint density at radius 2 is 2.00 bits per heavy atom. The SMILES string of the molecule is CC1=CC=CN(Cc2ccc(Br)cc2)C1N. The number of allylic oxidation sites excluding steroid dienone is 2. The molecule has 0 saturated heterocycles. The van der Waals surface area contributed by atoms with E-state index in [-0.39, 0.29) is 6.17 Å². The molecule has 0 radical (unpaired) electrons. The van der Waals surface area contributed by atoms with Crippen molar-refractivity contribution in [3.05, 3.63) is 58.2 Å². The maximum absolute atomic E-state index is 6.10. The van der Waals surface area contributed by atoms with E-state index >= 15 is 0 Å². The van der Waals surface area contributed by atoms with Gasteiger partial charge in [0, 0.05) is 17.2 Å². The number of nitrogens with zero attached hydrogens (tertiary/aromatic N) is 1. The molecule has 0 bridgehead atoms. The number of halogens is 1. The zero-order valence-corrected chi connectivity index (χ0v) is 10.8. The molecule has 1 aromatic rings. The van der Waals surface area contributed by atoms with E-state index in [9.17, 15) is 0 Å². The molecule has 2 nitrogen and oxygen atoms in total. The lowest BCUT2D eigenvalue weighted by Crippen LogP contribution is -2.40. The van der Waals surface area contributed by atoms with E-state index in [0.717, 1.165) is 11.0 Å². The van der Waals surface area contributed by atoms with Gasteiger partial charge in [-0.1, -0.05) is 34.1 Å². The summed E-state index contributed by atoms with van der Waals surface area (Å²) >= 11 is 3.43. The summed E-state index contributed by atoms with van der Waals surface area (Å²) in [4.78, 5) is 2.14. The molecular weight excluding hydrogens is 264 g/mol. The molecule has 0 spiro atoms. The maximum Gasteiger partial charge on any atom is 0.0990 e. The van der Waals surface area contributed by atoms with Gasteiger partial charge in [-0.3, -0.25) is 0 Å². The van der Waals surface area contributed by atoms with Crippen molar-refractivity contribution in [1.29, 1.82) is 0 Å². The fourth-order valence-corrected chi connectivity index (χ4v) is 1.97. The quantitative estimate of drug-likeness (QED) is 0.901. The first kappa shape index (κ1) is 11.4. The lowest BCUT2D eigenvalue weighted by molar-refractivity contribution is 0.301. The smallest absolute Gasteiger partial charge is 0.0990 e. The largest absolute Gasteiger partial charge is 0.354 e. The topological polar surface area (TPSA) is 29.3 Å². The second kappa shape index (κ2) is 4.85. The van der Waals surface area contributed by atoms with Crippen molar-refractivity contribution in [3.63, 3.8) is 0 Å². The first-order valence-electron chi connectivity index (χ1n) is 5.27. The Bertz CT molecular complexity index is 420. The normalized spacial score (nSPS) is 19.8. The minimum Gasteiger partial charge on any atom is -0.354 e. The van der Waals surface area contributed by atoms with Gasteiger partial charge in [0.1, 0.15) is 0 Å². The second-order valence-electron chi connectivity index (χ2n) is 4.00. The summed E-state index contributed by atoms with van der Waals surface area (Å²) in [7, 11) is 0. The Balaban J connectivity index is 2.08. The van der Waals surface area contributed by atoms with Gasteiger partial charge in [0.15, 0.2) is 0 Å². The van der Waals surface area contributed by atoms with Crippen molar-refractivity contribution >= 4 is 15.9 Å². The van der Waals surface area contributed by atoms with Crippen molar-refractivity contribution < 1.29 is 0 Å². The van der Waals surface area contributed by atoms with E-state index in [1.54, 1.807) is 0 Å². The van der Waals surface area contributed by atoms with Crippen molar-refractivity contribution in [2.45, 2.75) is 19.6 Å². The van der Waals surface area contributed by atoms with Gasteiger partial charge >= 0.3 is 0 Å². The summed E-state index contributed by atoms with van der Waals surface area (Å²) in [5, 5.41) is 0. The summed E-state index contributed by atoms with van der Waals surface area (Å²) in [5.74, 6) is 0. The number of rotatable bonds is 2. The van der Waals surface area contributed by atoms with Crippen LogP contribution >= 0.6 is 15.9 Å². The van der Waals surface area contributed by atoms with Gasteiger partial charge in [-0.25, -0.2) is 0 Å². The van der Waals surface area contributed by atoms with E-state index in [4.69, 9.17) is 5.73 Å². The van der Waals surface area contributed by atoms with E-state index < -0.39 is 0 Å². The van der Waals surface area contributed by atoms with Crippen LogP contribution in [0.5, 0.6) is 0 Å². The molecule has 1 atom stereocenters. The predicted molar refractivity (Wildman–Crippen MR) is 70.6 cm³/mol. The highest BCUT2D eigenvalue weighted by Crippen LogP contribution is 2.17. The van der Waals surface area contributed by atoms with Gasteiger partial charge in [0.25, 0.3) is 0 Å². The van der Waals surface area contributed by atoms with Gasteiger partial charge < -0.3 is 10.6 Å². The first-order chi connectivity index (χ1) is 7.66. The van der Waals surface area contributed by atoms with Crippen LogP contribution in [0.25, 0.3) is 0 Å². The molecule has 16 heavy (non-hydrogen) atoms. The average molecular weight is 279 g/mol. The van der Waals surface area contributed by atoms with Crippen LogP contribution in [0.3, 0.4) is 0 Å². The average Bonchev–Trinajstić information content (AvgIpc) is 2.28. The molecule has 1 aliphatic rings. The highest BCUT2D eigenvalue weighted by atomic mass is 79.9. The van der Waals surface area contributed by atoms with Gasteiger partial charge in [0.2, 0.25) is 0 Å². The molecule has 0 amide bonds. The molecule has 0 aliphatic carbocycles. The summed E-state index contributed by atoms with van der Waals surface area (Å²) in [6.07, 6.45) is 6.13. The summed E-state index contributed by atoms with van der Waals surface area (Å²) in [6, 6.07) is 8.32. The van der Waals surface area contributed by atoms with E-state index in [2.05, 4.69) is 58.1 Å². The second-order valence-corrected chi connectivity index (χ2v) is 4.91. The predicted octanol–water partition coefficient (Wildman–Crippen LogP) is 3.01. The Labute approximate surface area is 105 Å². The monoisotopic (exact) mass is 278 g/mol. The summed E-state index contributed by atoms with van der Waals surface area (Å²) in [5.41, 5.74) is 8.55. The fraction of sp³-hybridized carbons (Fsp3) is 0.231. The Morgan fingerprint density at radius 3 is 2.69 bits per heavy atom. The van der Waals surface area contributed by atoms with Gasteiger partial charge in [-0.15, -0.1) is 0 Å². The molecule has 1 unspecified atom stereocenters. The van der Waals surface area contributed by atoms with Crippen molar-refractivity contribution in [3.8, 4) is 0 Å². The Kier molecular flexibility index (Phi) is 3.46. The summed E-state index contributed by atoms with van der Waals surface area (Å²) in [6.45, 7) is 2.90. The van der Waals surface area contributed by atoms with Crippen molar-refractivity contribution in [1.82, 2.24) is 4.90 Å². The van der Waals surface area contributed by atoms with Crippen molar-refractivity contribution in [2.75, 3.05) is 0 Å². The molecule has 1 aliphatic heterocycles. The minimum atomic E-state index is -0.00588. The van der Waals surface area contributed by atoms with Crippen LogP contribution in [-0.4, -0.2) is 11.1 Å². The highest BCUT2D eigenvalue weighted by Gasteiger charge is 2.14. The molecule has 84 valence electrons. The molecule has 0 saturated carbocycles.